The van der Waals surface area contributed by atoms with Gasteiger partial charge in [-0.1, -0.05) is 5.11 Å². The molecule has 0 aromatic rings. The molecule has 1 rings (SSSR count). The first-order valence-corrected chi connectivity index (χ1v) is 7.74. The summed E-state index contributed by atoms with van der Waals surface area (Å²) >= 11 is 0. The van der Waals surface area contributed by atoms with Crippen molar-refractivity contribution in [3.8, 4) is 0 Å². The molecule has 1 aliphatic carbocycles. The van der Waals surface area contributed by atoms with Crippen LogP contribution in [0.25, 0.3) is 10.4 Å². The first kappa shape index (κ1) is 19.8. The average Bonchev–Trinajstić information content (AvgIpc) is 2.75. The number of azide groups is 1. The van der Waals surface area contributed by atoms with Crippen LogP contribution in [0.15, 0.2) is 5.11 Å². The number of alkyl carbamates (subject to hydrolysis) is 2. The Labute approximate surface area is 139 Å². The van der Waals surface area contributed by atoms with E-state index in [-0.39, 0.29) is 13.0 Å². The van der Waals surface area contributed by atoms with E-state index in [2.05, 4.69) is 20.7 Å². The number of hydrogen-bond acceptors (Lipinski definition) is 5. The van der Waals surface area contributed by atoms with E-state index in [1.165, 1.54) is 0 Å². The smallest absolute Gasteiger partial charge is 0.407 e. The summed E-state index contributed by atoms with van der Waals surface area (Å²) in [5, 5.41) is 8.72. The Bertz CT molecular complexity index is 504. The molecule has 1 fully saturated rings. The van der Waals surface area contributed by atoms with Crippen LogP contribution in [0.2, 0.25) is 0 Å². The van der Waals surface area contributed by atoms with Gasteiger partial charge in [-0.15, -0.1) is 0 Å². The van der Waals surface area contributed by atoms with Crippen molar-refractivity contribution in [3.63, 3.8) is 0 Å². The number of hydrogen-bond donors (Lipinski definition) is 2. The molecular weight excluding hydrogens is 321 g/mol. The first-order chi connectivity index (χ1) is 11.2. The number of nitrogens with zero attached hydrogens (tertiary/aromatic N) is 3. The van der Waals surface area contributed by atoms with E-state index in [9.17, 15) is 14.0 Å². The van der Waals surface area contributed by atoms with E-state index in [0.29, 0.717) is 0 Å². The van der Waals surface area contributed by atoms with Crippen molar-refractivity contribution in [2.24, 2.45) is 11.0 Å². The fraction of sp³-hybridized carbons (Fsp3) is 0.857. The quantitative estimate of drug-likeness (QED) is 0.451. The Balaban J connectivity index is 2.90. The molecule has 0 bridgehead atoms. The maximum atomic E-state index is 13.2. The molecule has 0 radical (unpaired) electrons. The van der Waals surface area contributed by atoms with Crippen LogP contribution < -0.4 is 10.6 Å². The number of amides is 2. The van der Waals surface area contributed by atoms with Gasteiger partial charge in [0.15, 0.2) is 0 Å². The molecule has 136 valence electrons. The third-order valence-electron chi connectivity index (χ3n) is 3.49. The van der Waals surface area contributed by atoms with E-state index in [1.807, 2.05) is 0 Å². The molecule has 0 saturated heterocycles. The summed E-state index contributed by atoms with van der Waals surface area (Å²) in [5.41, 5.74) is 8.00. The molecule has 9 nitrogen and oxygen atoms in total. The highest BCUT2D eigenvalue weighted by atomic mass is 19.1. The molecule has 0 spiro atoms. The van der Waals surface area contributed by atoms with Gasteiger partial charge in [-0.2, -0.15) is 0 Å². The Hall–Kier alpha value is -2.22. The van der Waals surface area contributed by atoms with Crippen molar-refractivity contribution in [1.82, 2.24) is 10.6 Å². The lowest BCUT2D eigenvalue weighted by Crippen LogP contribution is -2.53. The zero-order chi connectivity index (χ0) is 18.3. The third kappa shape index (κ3) is 5.77. The fourth-order valence-electron chi connectivity index (χ4n) is 2.63. The van der Waals surface area contributed by atoms with E-state index in [0.717, 1.165) is 0 Å². The maximum Gasteiger partial charge on any atom is 0.407 e. The van der Waals surface area contributed by atoms with Crippen LogP contribution in [0.3, 0.4) is 0 Å². The fourth-order valence-corrected chi connectivity index (χ4v) is 2.63. The minimum absolute atomic E-state index is 0.154. The van der Waals surface area contributed by atoms with Gasteiger partial charge in [-0.25, -0.2) is 9.59 Å². The minimum Gasteiger partial charge on any atom is -0.450 e. The van der Waals surface area contributed by atoms with Crippen molar-refractivity contribution in [2.45, 2.75) is 57.8 Å². The molecule has 2 amide bonds. The van der Waals surface area contributed by atoms with Gasteiger partial charge in [0.25, 0.3) is 0 Å². The van der Waals surface area contributed by atoms with Gasteiger partial charge >= 0.3 is 12.2 Å². The summed E-state index contributed by atoms with van der Waals surface area (Å²) in [6.45, 7) is 6.19. The zero-order valence-corrected chi connectivity index (χ0v) is 14.3. The zero-order valence-electron chi connectivity index (χ0n) is 14.3. The number of carbonyl (C=O) groups excluding carboxylic acids is 2. The summed E-state index contributed by atoms with van der Waals surface area (Å²) in [7, 11) is 0. The number of rotatable bonds is 5. The summed E-state index contributed by atoms with van der Waals surface area (Å²) < 4.78 is 23.2. The summed E-state index contributed by atoms with van der Waals surface area (Å²) in [5.74, 6) is -0.618. The largest absolute Gasteiger partial charge is 0.450 e. The second-order valence-electron chi connectivity index (χ2n) is 6.49. The molecule has 1 aliphatic rings. The topological polar surface area (TPSA) is 125 Å². The molecule has 0 aliphatic heterocycles. The standard InChI is InChI=1S/C14H24FN5O4/c1-5-23-12(21)18-11-9(17-13(22)24-14(2,3)4)6-8(7-15)10(11)19-20-16/h8-11H,5-7H2,1-4H3,(H,17,22)(H,18,21)/t8-,9-,10-,11-/m1/s1. The number of halogens is 1. The number of ether oxygens (including phenoxy) is 2. The molecular formula is C14H24FN5O4. The first-order valence-electron chi connectivity index (χ1n) is 7.74. The predicted molar refractivity (Wildman–Crippen MR) is 84.1 cm³/mol. The van der Waals surface area contributed by atoms with Crippen molar-refractivity contribution < 1.29 is 23.5 Å². The third-order valence-corrected chi connectivity index (χ3v) is 3.49. The van der Waals surface area contributed by atoms with Crippen LogP contribution >= 0.6 is 0 Å². The van der Waals surface area contributed by atoms with Crippen LogP contribution in [0.5, 0.6) is 0 Å². The second-order valence-corrected chi connectivity index (χ2v) is 6.49. The monoisotopic (exact) mass is 345 g/mol. The van der Waals surface area contributed by atoms with Crippen molar-refractivity contribution in [1.29, 1.82) is 0 Å². The second kappa shape index (κ2) is 8.58. The van der Waals surface area contributed by atoms with Crippen LogP contribution in [0.1, 0.15) is 34.1 Å². The van der Waals surface area contributed by atoms with Gasteiger partial charge in [0, 0.05) is 4.91 Å². The normalized spacial score (nSPS) is 26.2. The van der Waals surface area contributed by atoms with Crippen molar-refractivity contribution in [3.05, 3.63) is 10.4 Å². The average molecular weight is 345 g/mol. The Morgan fingerprint density at radius 3 is 2.50 bits per heavy atom. The molecule has 10 heteroatoms. The Kier molecular flexibility index (Phi) is 7.09. The maximum absolute atomic E-state index is 13.2. The SMILES string of the molecule is CCOC(=O)N[C@H]1[C@H](N=[N+]=[N-])[C@@H](CF)C[C@H]1NC(=O)OC(C)(C)C. The van der Waals surface area contributed by atoms with E-state index in [1.54, 1.807) is 27.7 Å². The minimum atomic E-state index is -0.829. The van der Waals surface area contributed by atoms with E-state index < -0.39 is 48.5 Å². The van der Waals surface area contributed by atoms with Gasteiger partial charge in [-0.3, -0.25) is 4.39 Å². The van der Waals surface area contributed by atoms with Crippen LogP contribution in [-0.2, 0) is 9.47 Å². The Morgan fingerprint density at radius 1 is 1.33 bits per heavy atom. The summed E-state index contributed by atoms with van der Waals surface area (Å²) in [6, 6.07) is -2.25. The number of nitrogens with one attached hydrogen (secondary N) is 2. The van der Waals surface area contributed by atoms with Gasteiger partial charge in [0.1, 0.15) is 5.60 Å². The molecule has 4 atom stereocenters. The predicted octanol–water partition coefficient (Wildman–Crippen LogP) is 2.66. The lowest BCUT2D eigenvalue weighted by molar-refractivity contribution is 0.0494. The van der Waals surface area contributed by atoms with Gasteiger partial charge in [-0.05, 0) is 45.6 Å². The highest BCUT2D eigenvalue weighted by Gasteiger charge is 2.45. The van der Waals surface area contributed by atoms with Crippen LogP contribution in [0.4, 0.5) is 14.0 Å². The summed E-state index contributed by atoms with van der Waals surface area (Å²) in [6.07, 6.45) is -1.21. The van der Waals surface area contributed by atoms with Gasteiger partial charge in [0.05, 0.1) is 31.4 Å². The molecule has 24 heavy (non-hydrogen) atoms. The van der Waals surface area contributed by atoms with Crippen molar-refractivity contribution >= 4 is 12.2 Å². The molecule has 0 heterocycles. The van der Waals surface area contributed by atoms with E-state index in [4.69, 9.17) is 15.0 Å². The molecule has 2 N–H and O–H groups in total. The number of alkyl halides is 1. The molecule has 0 aromatic carbocycles. The van der Waals surface area contributed by atoms with Crippen LogP contribution in [-0.4, -0.2) is 49.2 Å². The molecule has 0 aromatic heterocycles. The van der Waals surface area contributed by atoms with Gasteiger partial charge in [0.2, 0.25) is 0 Å². The van der Waals surface area contributed by atoms with E-state index >= 15 is 0 Å². The highest BCUT2D eigenvalue weighted by Crippen LogP contribution is 2.30. The highest BCUT2D eigenvalue weighted by molar-refractivity contribution is 5.70. The Morgan fingerprint density at radius 2 is 2.00 bits per heavy atom. The van der Waals surface area contributed by atoms with Crippen molar-refractivity contribution in [2.75, 3.05) is 13.3 Å². The van der Waals surface area contributed by atoms with Gasteiger partial charge < -0.3 is 20.1 Å². The number of carbonyl (C=O) groups is 2. The lowest BCUT2D eigenvalue weighted by atomic mass is 10.0. The lowest BCUT2D eigenvalue weighted by Gasteiger charge is -2.26. The van der Waals surface area contributed by atoms with Crippen LogP contribution in [0, 0.1) is 5.92 Å². The summed E-state index contributed by atoms with van der Waals surface area (Å²) in [4.78, 5) is 26.4. The molecule has 0 unspecified atom stereocenters. The molecule has 1 saturated carbocycles.